The van der Waals surface area contributed by atoms with E-state index in [1.165, 1.54) is 38.1 Å². The first-order valence-electron chi connectivity index (χ1n) is 7.51. The summed E-state index contributed by atoms with van der Waals surface area (Å²) in [7, 11) is 0. The highest BCUT2D eigenvalue weighted by Crippen LogP contribution is 2.58. The van der Waals surface area contributed by atoms with Crippen LogP contribution < -0.4 is 5.32 Å². The van der Waals surface area contributed by atoms with E-state index in [1.54, 1.807) is 0 Å². The van der Waals surface area contributed by atoms with Crippen molar-refractivity contribution < 1.29 is 4.79 Å². The van der Waals surface area contributed by atoms with Gasteiger partial charge in [-0.25, -0.2) is 4.98 Å². The molecule has 0 radical (unpaired) electrons. The molecule has 5 unspecified atom stereocenters. The predicted molar refractivity (Wildman–Crippen MR) is 75.3 cm³/mol. The molecule has 5 atom stereocenters. The lowest BCUT2D eigenvalue weighted by molar-refractivity contribution is 0.0895. The number of aromatic nitrogens is 2. The zero-order chi connectivity index (χ0) is 13.7. The van der Waals surface area contributed by atoms with E-state index in [4.69, 9.17) is 11.6 Å². The first-order chi connectivity index (χ1) is 9.72. The average molecular weight is 292 g/mol. The zero-order valence-corrected chi connectivity index (χ0v) is 12.0. The number of hydrogen-bond donors (Lipinski definition) is 1. The van der Waals surface area contributed by atoms with E-state index in [-0.39, 0.29) is 11.1 Å². The molecule has 0 saturated heterocycles. The first kappa shape index (κ1) is 12.6. The lowest BCUT2D eigenvalue weighted by atomic mass is 9.79. The van der Waals surface area contributed by atoms with Crippen molar-refractivity contribution in [2.45, 2.75) is 38.1 Å². The maximum Gasteiger partial charge on any atom is 0.271 e. The molecule has 106 valence electrons. The van der Waals surface area contributed by atoms with Crippen LogP contribution in [-0.4, -0.2) is 21.9 Å². The first-order valence-corrected chi connectivity index (χ1v) is 7.88. The third-order valence-electron chi connectivity index (χ3n) is 5.58. The summed E-state index contributed by atoms with van der Waals surface area (Å²) in [5.74, 6) is 3.18. The molecule has 0 spiro atoms. The van der Waals surface area contributed by atoms with E-state index in [0.29, 0.717) is 17.7 Å². The third-order valence-corrected chi connectivity index (χ3v) is 5.77. The van der Waals surface area contributed by atoms with E-state index < -0.39 is 0 Å². The fraction of sp³-hybridized carbons (Fsp3) is 0.667. The van der Waals surface area contributed by atoms with Gasteiger partial charge in [-0.3, -0.25) is 9.78 Å². The number of nitrogens with one attached hydrogen (secondary N) is 1. The molecule has 2 bridgehead atoms. The average Bonchev–Trinajstić information content (AvgIpc) is 3.10. The lowest BCUT2D eigenvalue weighted by Crippen LogP contribution is -2.42. The lowest BCUT2D eigenvalue weighted by Gasteiger charge is -2.31. The van der Waals surface area contributed by atoms with Crippen molar-refractivity contribution in [3.05, 3.63) is 23.2 Å². The molecule has 1 N–H and O–H groups in total. The second kappa shape index (κ2) is 4.69. The van der Waals surface area contributed by atoms with Crippen LogP contribution in [-0.2, 0) is 0 Å². The Labute approximate surface area is 123 Å². The number of amides is 1. The summed E-state index contributed by atoms with van der Waals surface area (Å²) in [6, 6.07) is 0.327. The second-order valence-corrected chi connectivity index (χ2v) is 6.85. The number of carbonyl (C=O) groups is 1. The van der Waals surface area contributed by atoms with Crippen LogP contribution in [0.5, 0.6) is 0 Å². The van der Waals surface area contributed by atoms with Gasteiger partial charge in [0.2, 0.25) is 0 Å². The standard InChI is InChI=1S/C15H18ClN3O/c16-14-7-17-6-13(18-14)15(20)19-12-5-8-4-11(12)10-3-1-2-9(8)10/h6-12H,1-5H2,(H,19,20). The molecule has 1 heterocycles. The van der Waals surface area contributed by atoms with Gasteiger partial charge in [0.1, 0.15) is 10.8 Å². The van der Waals surface area contributed by atoms with E-state index in [1.807, 2.05) is 0 Å². The second-order valence-electron chi connectivity index (χ2n) is 6.46. The van der Waals surface area contributed by atoms with Crippen molar-refractivity contribution in [2.75, 3.05) is 0 Å². The van der Waals surface area contributed by atoms with Crippen molar-refractivity contribution in [3.8, 4) is 0 Å². The van der Waals surface area contributed by atoms with Gasteiger partial charge in [-0.05, 0) is 49.4 Å². The minimum atomic E-state index is -0.132. The van der Waals surface area contributed by atoms with Gasteiger partial charge < -0.3 is 5.32 Å². The van der Waals surface area contributed by atoms with Gasteiger partial charge >= 0.3 is 0 Å². The Kier molecular flexibility index (Phi) is 2.95. The van der Waals surface area contributed by atoms with Gasteiger partial charge in [-0.2, -0.15) is 0 Å². The quantitative estimate of drug-likeness (QED) is 0.911. The number of nitrogens with zero attached hydrogens (tertiary/aromatic N) is 2. The van der Waals surface area contributed by atoms with Crippen LogP contribution >= 0.6 is 11.6 Å². The number of carbonyl (C=O) groups excluding carboxylic acids is 1. The molecule has 1 aromatic rings. The van der Waals surface area contributed by atoms with Crippen molar-refractivity contribution in [3.63, 3.8) is 0 Å². The summed E-state index contributed by atoms with van der Waals surface area (Å²) in [4.78, 5) is 20.2. The Morgan fingerprint density at radius 3 is 2.90 bits per heavy atom. The van der Waals surface area contributed by atoms with Gasteiger partial charge in [-0.15, -0.1) is 0 Å². The van der Waals surface area contributed by atoms with Crippen LogP contribution in [0.1, 0.15) is 42.6 Å². The van der Waals surface area contributed by atoms with Crippen molar-refractivity contribution in [1.82, 2.24) is 15.3 Å². The Hall–Kier alpha value is -1.16. The molecule has 5 heteroatoms. The zero-order valence-electron chi connectivity index (χ0n) is 11.3. The SMILES string of the molecule is O=C(NC1CC2CC1C1CCCC21)c1cncc(Cl)n1. The molecule has 1 aromatic heterocycles. The largest absolute Gasteiger partial charge is 0.348 e. The summed E-state index contributed by atoms with van der Waals surface area (Å²) in [6.07, 6.45) is 9.52. The molecule has 4 rings (SSSR count). The normalized spacial score (nSPS) is 38.0. The molecular weight excluding hydrogens is 274 g/mol. The maximum absolute atomic E-state index is 12.2. The Morgan fingerprint density at radius 2 is 2.05 bits per heavy atom. The highest BCUT2D eigenvalue weighted by molar-refractivity contribution is 6.29. The summed E-state index contributed by atoms with van der Waals surface area (Å²) in [5, 5.41) is 3.43. The Bertz CT molecular complexity index is 550. The number of hydrogen-bond acceptors (Lipinski definition) is 3. The van der Waals surface area contributed by atoms with E-state index in [9.17, 15) is 4.79 Å². The van der Waals surface area contributed by atoms with Crippen LogP contribution in [0, 0.1) is 23.7 Å². The van der Waals surface area contributed by atoms with Crippen molar-refractivity contribution >= 4 is 17.5 Å². The molecular formula is C15H18ClN3O. The van der Waals surface area contributed by atoms with Gasteiger partial charge in [0.05, 0.1) is 12.4 Å². The van der Waals surface area contributed by atoms with Crippen LogP contribution in [0.25, 0.3) is 0 Å². The molecule has 1 amide bonds. The van der Waals surface area contributed by atoms with Gasteiger partial charge in [-0.1, -0.05) is 18.0 Å². The molecule has 0 aliphatic heterocycles. The summed E-state index contributed by atoms with van der Waals surface area (Å²) < 4.78 is 0. The van der Waals surface area contributed by atoms with Gasteiger partial charge in [0.25, 0.3) is 5.91 Å². The molecule has 3 aliphatic rings. The fourth-order valence-electron chi connectivity index (χ4n) is 4.93. The maximum atomic E-state index is 12.2. The summed E-state index contributed by atoms with van der Waals surface area (Å²) in [5.41, 5.74) is 0.322. The minimum Gasteiger partial charge on any atom is -0.348 e. The molecule has 0 aromatic carbocycles. The summed E-state index contributed by atoms with van der Waals surface area (Å²) in [6.45, 7) is 0. The Morgan fingerprint density at radius 1 is 1.20 bits per heavy atom. The molecule has 3 fully saturated rings. The van der Waals surface area contributed by atoms with E-state index >= 15 is 0 Å². The van der Waals surface area contributed by atoms with Crippen LogP contribution in [0.4, 0.5) is 0 Å². The Balaban J connectivity index is 1.47. The van der Waals surface area contributed by atoms with Gasteiger partial charge in [0, 0.05) is 6.04 Å². The molecule has 20 heavy (non-hydrogen) atoms. The third kappa shape index (κ3) is 1.93. The highest BCUT2D eigenvalue weighted by atomic mass is 35.5. The number of fused-ring (bicyclic) bond motifs is 5. The van der Waals surface area contributed by atoms with Crippen LogP contribution in [0.2, 0.25) is 5.15 Å². The topological polar surface area (TPSA) is 54.9 Å². The monoisotopic (exact) mass is 291 g/mol. The number of halogens is 1. The summed E-state index contributed by atoms with van der Waals surface area (Å²) >= 11 is 5.79. The van der Waals surface area contributed by atoms with Gasteiger partial charge in [0.15, 0.2) is 0 Å². The van der Waals surface area contributed by atoms with E-state index in [0.717, 1.165) is 24.2 Å². The highest BCUT2D eigenvalue weighted by Gasteiger charge is 2.54. The van der Waals surface area contributed by atoms with E-state index in [2.05, 4.69) is 15.3 Å². The molecule has 4 nitrogen and oxygen atoms in total. The van der Waals surface area contributed by atoms with Crippen LogP contribution in [0.3, 0.4) is 0 Å². The van der Waals surface area contributed by atoms with Crippen molar-refractivity contribution in [1.29, 1.82) is 0 Å². The minimum absolute atomic E-state index is 0.132. The fourth-order valence-corrected chi connectivity index (χ4v) is 5.08. The smallest absolute Gasteiger partial charge is 0.271 e. The predicted octanol–water partition coefficient (Wildman–Crippen LogP) is 2.68. The van der Waals surface area contributed by atoms with Crippen LogP contribution in [0.15, 0.2) is 12.4 Å². The van der Waals surface area contributed by atoms with Crippen molar-refractivity contribution in [2.24, 2.45) is 23.7 Å². The number of rotatable bonds is 2. The molecule has 3 aliphatic carbocycles. The molecule has 3 saturated carbocycles.